The van der Waals surface area contributed by atoms with Gasteiger partial charge in [-0.05, 0) is 174 Å². The van der Waals surface area contributed by atoms with Crippen LogP contribution in [0.15, 0.2) is 12.2 Å². The number of hydrogen-bond acceptors (Lipinski definition) is 5. The Kier molecular flexibility index (Phi) is 10.3. The number of rotatable bonds is 10. The van der Waals surface area contributed by atoms with Crippen LogP contribution in [-0.2, 0) is 14.3 Å². The number of fused-ring (bicyclic) bond motifs is 7. The number of nitrogens with zero attached hydrogens (tertiary/aromatic N) is 1. The second-order valence-electron chi connectivity index (χ2n) is 21.1. The zero-order valence-electron chi connectivity index (χ0n) is 33.6. The van der Waals surface area contributed by atoms with Crippen LogP contribution in [0, 0.1) is 62.1 Å². The number of likely N-dealkylation sites (tertiary alicyclic amines) is 1. The SMILES string of the molecule is C=C(C)C1CC[C@]2(CCNC3CCN(C)CC3)CC[C@]3(C)[C@H](CC[C@@H]4[C@@]5(C)CC[C@H](OC(=O)CC(C)(C)CC(=O)O)C(C)(C)C5CC[C@]43C)[C@H]12. The van der Waals surface area contributed by atoms with E-state index in [1.165, 1.54) is 95.8 Å². The van der Waals surface area contributed by atoms with E-state index in [1.54, 1.807) is 0 Å². The van der Waals surface area contributed by atoms with Crippen molar-refractivity contribution in [1.82, 2.24) is 10.2 Å². The van der Waals surface area contributed by atoms with Crippen molar-refractivity contribution in [3.05, 3.63) is 12.2 Å². The molecule has 0 aromatic rings. The standard InChI is InChI=1S/C44H74N2O4/c1-29(2)31-13-20-44(23-24-45-30-16-25-46(10)26-17-30)22-21-42(8)32(38(31)44)11-12-34-41(7)18-15-35(40(5,6)33(41)14-19-43(34,42)9)50-37(49)28-39(3,4)27-36(47)48/h30-35,38,45H,1,11-28H2,2-10H3,(H,47,48)/t31?,32-,33?,34-,35+,38+,41+,42-,43-,44-/m1/s1. The van der Waals surface area contributed by atoms with Crippen LogP contribution >= 0.6 is 0 Å². The molecule has 1 saturated heterocycles. The summed E-state index contributed by atoms with van der Waals surface area (Å²) in [5, 5.41) is 13.4. The van der Waals surface area contributed by atoms with Gasteiger partial charge >= 0.3 is 11.9 Å². The molecule has 6 aliphatic rings. The third-order valence-electron chi connectivity index (χ3n) is 17.5. The average molecular weight is 695 g/mol. The maximum absolute atomic E-state index is 13.2. The zero-order chi connectivity index (χ0) is 36.5. The maximum atomic E-state index is 13.2. The van der Waals surface area contributed by atoms with Crippen LogP contribution in [0.4, 0.5) is 0 Å². The van der Waals surface area contributed by atoms with E-state index in [1.807, 2.05) is 13.8 Å². The van der Waals surface area contributed by atoms with Gasteiger partial charge in [0.05, 0.1) is 12.8 Å². The van der Waals surface area contributed by atoms with Crippen LogP contribution in [0.2, 0.25) is 0 Å². The zero-order valence-corrected chi connectivity index (χ0v) is 33.6. The second kappa shape index (κ2) is 13.5. The highest BCUT2D eigenvalue weighted by Gasteiger charge is 2.71. The summed E-state index contributed by atoms with van der Waals surface area (Å²) in [5.41, 5.74) is 2.04. The quantitative estimate of drug-likeness (QED) is 0.175. The van der Waals surface area contributed by atoms with Gasteiger partial charge in [-0.25, -0.2) is 0 Å². The molecule has 6 rings (SSSR count). The first-order valence-corrected chi connectivity index (χ1v) is 20.8. The molecule has 284 valence electrons. The highest BCUT2D eigenvalue weighted by atomic mass is 16.5. The summed E-state index contributed by atoms with van der Waals surface area (Å²) in [6, 6.07) is 0.685. The number of piperidine rings is 1. The lowest BCUT2D eigenvalue weighted by Gasteiger charge is -2.73. The van der Waals surface area contributed by atoms with Crippen LogP contribution in [0.1, 0.15) is 152 Å². The fraction of sp³-hybridized carbons (Fsp3) is 0.909. The molecular weight excluding hydrogens is 620 g/mol. The molecule has 1 heterocycles. The lowest BCUT2D eigenvalue weighted by atomic mass is 9.32. The monoisotopic (exact) mass is 695 g/mol. The second-order valence-corrected chi connectivity index (χ2v) is 21.1. The predicted octanol–water partition coefficient (Wildman–Crippen LogP) is 9.52. The number of nitrogens with one attached hydrogen (secondary N) is 1. The number of carboxylic acid groups (broad SMARTS) is 1. The lowest BCUT2D eigenvalue weighted by molar-refractivity contribution is -0.250. The highest BCUT2D eigenvalue weighted by molar-refractivity contribution is 5.73. The Bertz CT molecular complexity index is 1300. The van der Waals surface area contributed by atoms with Gasteiger partial charge < -0.3 is 20.1 Å². The number of hydrogen-bond donors (Lipinski definition) is 2. The number of carbonyl (C=O) groups excluding carboxylic acids is 1. The lowest BCUT2D eigenvalue weighted by Crippen LogP contribution is -2.66. The van der Waals surface area contributed by atoms with E-state index in [2.05, 4.69) is 65.4 Å². The molecule has 0 spiro atoms. The van der Waals surface area contributed by atoms with Gasteiger partial charge in [0.2, 0.25) is 0 Å². The first kappa shape index (κ1) is 38.3. The van der Waals surface area contributed by atoms with E-state index in [9.17, 15) is 14.7 Å². The van der Waals surface area contributed by atoms with Crippen LogP contribution in [0.25, 0.3) is 0 Å². The molecule has 5 aliphatic carbocycles. The minimum Gasteiger partial charge on any atom is -0.481 e. The van der Waals surface area contributed by atoms with Crippen LogP contribution in [0.3, 0.4) is 0 Å². The van der Waals surface area contributed by atoms with E-state index in [0.717, 1.165) is 24.7 Å². The van der Waals surface area contributed by atoms with Crippen LogP contribution in [0.5, 0.6) is 0 Å². The molecule has 2 unspecified atom stereocenters. The smallest absolute Gasteiger partial charge is 0.306 e. The number of aliphatic carboxylic acids is 1. The first-order valence-electron chi connectivity index (χ1n) is 20.8. The molecule has 10 atom stereocenters. The van der Waals surface area contributed by atoms with Gasteiger partial charge in [0, 0.05) is 11.5 Å². The molecule has 6 fully saturated rings. The number of allylic oxidation sites excluding steroid dienone is 1. The molecule has 0 aromatic carbocycles. The number of ether oxygens (including phenoxy) is 1. The van der Waals surface area contributed by atoms with Crippen molar-refractivity contribution in [2.24, 2.45) is 62.1 Å². The Labute approximate surface area is 305 Å². The van der Waals surface area contributed by atoms with Gasteiger partial charge in [-0.1, -0.05) is 60.6 Å². The van der Waals surface area contributed by atoms with Crippen molar-refractivity contribution in [3.63, 3.8) is 0 Å². The normalized spacial score (nSPS) is 43.2. The summed E-state index contributed by atoms with van der Waals surface area (Å²) in [6.07, 6.45) is 16.6. The topological polar surface area (TPSA) is 78.9 Å². The van der Waals surface area contributed by atoms with Gasteiger partial charge in [0.1, 0.15) is 6.10 Å². The Morgan fingerprint density at radius 1 is 0.860 bits per heavy atom. The maximum Gasteiger partial charge on any atom is 0.306 e. The Balaban J connectivity index is 1.19. The average Bonchev–Trinajstić information content (AvgIpc) is 3.39. The van der Waals surface area contributed by atoms with E-state index >= 15 is 0 Å². The van der Waals surface area contributed by atoms with Crippen molar-refractivity contribution in [1.29, 1.82) is 0 Å². The molecule has 1 aliphatic heterocycles. The fourth-order valence-electron chi connectivity index (χ4n) is 14.7. The molecule has 0 amide bonds. The van der Waals surface area contributed by atoms with E-state index in [0.29, 0.717) is 40.0 Å². The highest BCUT2D eigenvalue weighted by Crippen LogP contribution is 2.78. The van der Waals surface area contributed by atoms with Crippen LogP contribution < -0.4 is 5.32 Å². The molecule has 0 bridgehead atoms. The van der Waals surface area contributed by atoms with Crippen molar-refractivity contribution in [2.75, 3.05) is 26.7 Å². The van der Waals surface area contributed by atoms with E-state index in [4.69, 9.17) is 4.74 Å². The van der Waals surface area contributed by atoms with Crippen molar-refractivity contribution >= 4 is 11.9 Å². The molecule has 5 saturated carbocycles. The molecule has 6 nitrogen and oxygen atoms in total. The Hall–Kier alpha value is -1.40. The molecular formula is C44H74N2O4. The summed E-state index contributed by atoms with van der Waals surface area (Å²) >= 11 is 0. The Morgan fingerprint density at radius 2 is 1.56 bits per heavy atom. The number of esters is 1. The summed E-state index contributed by atoms with van der Waals surface area (Å²) in [6.45, 7) is 27.2. The molecule has 0 radical (unpaired) electrons. The van der Waals surface area contributed by atoms with Gasteiger partial charge in [0.15, 0.2) is 0 Å². The fourth-order valence-corrected chi connectivity index (χ4v) is 14.7. The van der Waals surface area contributed by atoms with Gasteiger partial charge in [-0.15, -0.1) is 0 Å². The Morgan fingerprint density at radius 3 is 2.22 bits per heavy atom. The minimum atomic E-state index is -0.864. The van der Waals surface area contributed by atoms with Gasteiger partial charge in [0.25, 0.3) is 0 Å². The number of carbonyl (C=O) groups is 2. The summed E-state index contributed by atoms with van der Waals surface area (Å²) in [5.74, 6) is 2.29. The van der Waals surface area contributed by atoms with Crippen molar-refractivity contribution < 1.29 is 19.4 Å². The largest absolute Gasteiger partial charge is 0.481 e. The molecule has 50 heavy (non-hydrogen) atoms. The minimum absolute atomic E-state index is 0.0265. The summed E-state index contributed by atoms with van der Waals surface area (Å²) in [7, 11) is 2.26. The predicted molar refractivity (Wildman–Crippen MR) is 203 cm³/mol. The van der Waals surface area contributed by atoms with Crippen molar-refractivity contribution in [2.45, 2.75) is 164 Å². The molecule has 6 heteroatoms. The van der Waals surface area contributed by atoms with Crippen molar-refractivity contribution in [3.8, 4) is 0 Å². The van der Waals surface area contributed by atoms with E-state index < -0.39 is 11.4 Å². The first-order chi connectivity index (χ1) is 23.3. The molecule has 2 N–H and O–H groups in total. The molecule has 0 aromatic heterocycles. The van der Waals surface area contributed by atoms with Gasteiger partial charge in [-0.2, -0.15) is 0 Å². The number of carboxylic acids is 1. The summed E-state index contributed by atoms with van der Waals surface area (Å²) in [4.78, 5) is 27.1. The van der Waals surface area contributed by atoms with Crippen LogP contribution in [-0.4, -0.2) is 60.8 Å². The van der Waals surface area contributed by atoms with Gasteiger partial charge in [-0.3, -0.25) is 9.59 Å². The third kappa shape index (κ3) is 6.45. The van der Waals surface area contributed by atoms with E-state index in [-0.39, 0.29) is 35.7 Å². The third-order valence-corrected chi connectivity index (χ3v) is 17.5. The summed E-state index contributed by atoms with van der Waals surface area (Å²) < 4.78 is 6.31.